The molecule has 1 saturated heterocycles. The van der Waals surface area contributed by atoms with E-state index in [1.54, 1.807) is 0 Å². The lowest BCUT2D eigenvalue weighted by Crippen LogP contribution is -2.31. The van der Waals surface area contributed by atoms with E-state index in [0.717, 1.165) is 18.6 Å². The van der Waals surface area contributed by atoms with Gasteiger partial charge >= 0.3 is 0 Å². The topological polar surface area (TPSA) is 49.7 Å². The maximum Gasteiger partial charge on any atom is 0.211 e. The van der Waals surface area contributed by atoms with Crippen LogP contribution < -0.4 is 0 Å². The van der Waals surface area contributed by atoms with Crippen LogP contribution in [0.3, 0.4) is 0 Å². The zero-order valence-electron chi connectivity index (χ0n) is 8.02. The second-order valence-corrected chi connectivity index (χ2v) is 5.39. The van der Waals surface area contributed by atoms with E-state index in [1.807, 2.05) is 0 Å². The quantitative estimate of drug-likeness (QED) is 0.682. The van der Waals surface area contributed by atoms with Gasteiger partial charge in [-0.05, 0) is 25.9 Å². The number of sulfone groups is 1. The summed E-state index contributed by atoms with van der Waals surface area (Å²) in [4.78, 5) is 6.15. The van der Waals surface area contributed by atoms with Crippen LogP contribution in [0, 0.1) is 0 Å². The third-order valence-corrected chi connectivity index (χ3v) is 3.50. The molecule has 0 aromatic carbocycles. The molecule has 1 fully saturated rings. The lowest BCUT2D eigenvalue weighted by atomic mass is 10.1. The Hall–Kier alpha value is -0.680. The van der Waals surface area contributed by atoms with Crippen molar-refractivity contribution in [1.29, 1.82) is 0 Å². The average molecular weight is 214 g/mol. The largest absolute Gasteiger partial charge is 0.297 e. The van der Waals surface area contributed by atoms with Crippen molar-refractivity contribution in [1.82, 2.24) is 4.90 Å². The maximum absolute atomic E-state index is 11.0. The Morgan fingerprint density at radius 3 is 2.57 bits per heavy atom. The summed E-state index contributed by atoms with van der Waals surface area (Å²) >= 11 is 0. The summed E-state index contributed by atoms with van der Waals surface area (Å²) in [6.07, 6.45) is 3.71. The van der Waals surface area contributed by atoms with Gasteiger partial charge in [0.15, 0.2) is 0 Å². The van der Waals surface area contributed by atoms with E-state index in [9.17, 15) is 8.42 Å². The van der Waals surface area contributed by atoms with Crippen molar-refractivity contribution in [2.24, 2.45) is 4.99 Å². The van der Waals surface area contributed by atoms with Gasteiger partial charge in [0.25, 0.3) is 0 Å². The first-order valence-corrected chi connectivity index (χ1v) is 6.49. The molecule has 0 atom stereocenters. The first kappa shape index (κ1) is 9.86. The van der Waals surface area contributed by atoms with Crippen LogP contribution >= 0.6 is 0 Å². The first-order valence-electron chi connectivity index (χ1n) is 4.88. The highest BCUT2D eigenvalue weighted by Crippen LogP contribution is 2.14. The predicted molar refractivity (Wildman–Crippen MR) is 55.8 cm³/mol. The van der Waals surface area contributed by atoms with E-state index in [1.165, 1.54) is 24.7 Å². The van der Waals surface area contributed by atoms with Gasteiger partial charge in [-0.25, -0.2) is 13.4 Å². The van der Waals surface area contributed by atoms with Crippen molar-refractivity contribution in [2.45, 2.75) is 19.3 Å². The van der Waals surface area contributed by atoms with Gasteiger partial charge in [0, 0.05) is 6.54 Å². The molecule has 5 heteroatoms. The van der Waals surface area contributed by atoms with Crippen molar-refractivity contribution < 1.29 is 8.42 Å². The van der Waals surface area contributed by atoms with Gasteiger partial charge in [-0.1, -0.05) is 6.42 Å². The zero-order valence-corrected chi connectivity index (χ0v) is 8.83. The van der Waals surface area contributed by atoms with Crippen LogP contribution in [0.1, 0.15) is 19.3 Å². The molecule has 2 aliphatic heterocycles. The van der Waals surface area contributed by atoms with Gasteiger partial charge in [-0.3, -0.25) is 4.90 Å². The highest BCUT2D eigenvalue weighted by Gasteiger charge is 2.17. The molecule has 0 amide bonds. The molecule has 0 radical (unpaired) electrons. The highest BCUT2D eigenvalue weighted by atomic mass is 32.2. The summed E-state index contributed by atoms with van der Waals surface area (Å²) in [5.41, 5.74) is 1.71. The predicted octanol–water partition coefficient (Wildman–Crippen LogP) is 0.770. The Morgan fingerprint density at radius 2 is 2.00 bits per heavy atom. The Balaban J connectivity index is 1.96. The molecule has 78 valence electrons. The van der Waals surface area contributed by atoms with Gasteiger partial charge in [0.2, 0.25) is 9.84 Å². The van der Waals surface area contributed by atoms with E-state index >= 15 is 0 Å². The SMILES string of the molecule is O=S1(=O)C=NC(CN2CCCCC2)=C1. The van der Waals surface area contributed by atoms with Gasteiger partial charge in [0.05, 0.1) is 11.1 Å². The number of likely N-dealkylation sites (tertiary alicyclic amines) is 1. The third-order valence-electron chi connectivity index (χ3n) is 2.50. The van der Waals surface area contributed by atoms with Gasteiger partial charge in [-0.15, -0.1) is 0 Å². The van der Waals surface area contributed by atoms with Crippen molar-refractivity contribution in [3.8, 4) is 0 Å². The van der Waals surface area contributed by atoms with Crippen LogP contribution in [-0.4, -0.2) is 38.5 Å². The van der Waals surface area contributed by atoms with E-state index in [0.29, 0.717) is 12.2 Å². The monoisotopic (exact) mass is 214 g/mol. The first-order chi connectivity index (χ1) is 6.66. The molecule has 0 spiro atoms. The van der Waals surface area contributed by atoms with Crippen molar-refractivity contribution in [2.75, 3.05) is 19.6 Å². The Labute approximate surface area is 84.2 Å². The van der Waals surface area contributed by atoms with E-state index in [4.69, 9.17) is 0 Å². The molecule has 14 heavy (non-hydrogen) atoms. The average Bonchev–Trinajstić information content (AvgIpc) is 2.47. The van der Waals surface area contributed by atoms with E-state index in [2.05, 4.69) is 9.89 Å². The molecule has 2 heterocycles. The molecule has 0 N–H and O–H groups in total. The van der Waals surface area contributed by atoms with E-state index < -0.39 is 9.84 Å². The molecule has 0 aliphatic carbocycles. The van der Waals surface area contributed by atoms with Crippen molar-refractivity contribution >= 4 is 15.4 Å². The summed E-state index contributed by atoms with van der Waals surface area (Å²) in [6, 6.07) is 0. The number of hydrogen-bond donors (Lipinski definition) is 0. The smallest absolute Gasteiger partial charge is 0.211 e. The molecule has 0 aromatic rings. The van der Waals surface area contributed by atoms with Crippen molar-refractivity contribution in [3.63, 3.8) is 0 Å². The molecular weight excluding hydrogens is 200 g/mol. The molecule has 0 unspecified atom stereocenters. The van der Waals surface area contributed by atoms with Gasteiger partial charge < -0.3 is 0 Å². The fourth-order valence-corrected chi connectivity index (χ4v) is 2.67. The van der Waals surface area contributed by atoms with Crippen molar-refractivity contribution in [3.05, 3.63) is 11.1 Å². The van der Waals surface area contributed by atoms with Gasteiger partial charge in [-0.2, -0.15) is 0 Å². The summed E-state index contributed by atoms with van der Waals surface area (Å²) in [6.45, 7) is 2.80. The summed E-state index contributed by atoms with van der Waals surface area (Å²) in [5, 5.41) is 1.27. The molecule has 0 saturated carbocycles. The van der Waals surface area contributed by atoms with E-state index in [-0.39, 0.29) is 0 Å². The van der Waals surface area contributed by atoms with Crippen LogP contribution in [0.2, 0.25) is 0 Å². The lowest BCUT2D eigenvalue weighted by molar-refractivity contribution is 0.246. The number of nitrogens with zero attached hydrogens (tertiary/aromatic N) is 2. The molecule has 2 rings (SSSR count). The van der Waals surface area contributed by atoms with Crippen LogP contribution in [0.15, 0.2) is 16.1 Å². The van der Waals surface area contributed by atoms with Crippen LogP contribution in [0.25, 0.3) is 0 Å². The summed E-state index contributed by atoms with van der Waals surface area (Å²) < 4.78 is 22.1. The molecule has 4 nitrogen and oxygen atoms in total. The van der Waals surface area contributed by atoms with Crippen LogP contribution in [0.5, 0.6) is 0 Å². The fourth-order valence-electron chi connectivity index (χ4n) is 1.82. The number of piperidine rings is 1. The number of aliphatic imine (C=N–C) groups is 1. The third kappa shape index (κ3) is 2.42. The standard InChI is InChI=1S/C9H14N2O2S/c12-14(13)7-9(10-8-14)6-11-4-2-1-3-5-11/h7-8H,1-6H2. The Morgan fingerprint density at radius 1 is 1.29 bits per heavy atom. The number of hydrogen-bond acceptors (Lipinski definition) is 4. The minimum atomic E-state index is -3.13. The summed E-state index contributed by atoms with van der Waals surface area (Å²) in [5.74, 6) is 0. The molecule has 0 aromatic heterocycles. The second-order valence-electron chi connectivity index (χ2n) is 3.77. The molecule has 0 bridgehead atoms. The minimum absolute atomic E-state index is 0.673. The van der Waals surface area contributed by atoms with Gasteiger partial charge in [0.1, 0.15) is 5.55 Å². The number of rotatable bonds is 2. The maximum atomic E-state index is 11.0. The Bertz CT molecular complexity index is 364. The van der Waals surface area contributed by atoms with Crippen LogP contribution in [-0.2, 0) is 9.84 Å². The molecular formula is C9H14N2O2S. The highest BCUT2D eigenvalue weighted by molar-refractivity contribution is 8.07. The fraction of sp³-hybridized carbons (Fsp3) is 0.667. The second kappa shape index (κ2) is 3.82. The minimum Gasteiger partial charge on any atom is -0.297 e. The molecule has 2 aliphatic rings. The Kier molecular flexibility index (Phi) is 2.69. The van der Waals surface area contributed by atoms with Crippen LogP contribution in [0.4, 0.5) is 0 Å². The normalized spacial score (nSPS) is 26.4. The summed E-state index contributed by atoms with van der Waals surface area (Å²) in [7, 11) is -3.13. The zero-order chi connectivity index (χ0) is 10.0. The lowest BCUT2D eigenvalue weighted by Gasteiger charge is -2.25.